The van der Waals surface area contributed by atoms with E-state index in [4.69, 9.17) is 4.52 Å². The first kappa shape index (κ1) is 19.6. The lowest BCUT2D eigenvalue weighted by Crippen LogP contribution is -2.40. The Hall–Kier alpha value is -3.16. The molecule has 28 heavy (non-hydrogen) atoms. The van der Waals surface area contributed by atoms with E-state index in [9.17, 15) is 4.79 Å². The Morgan fingerprint density at radius 1 is 1.29 bits per heavy atom. The van der Waals surface area contributed by atoms with Crippen molar-refractivity contribution >= 4 is 6.03 Å². The first-order valence-corrected chi connectivity index (χ1v) is 9.36. The minimum atomic E-state index is -0.128. The van der Waals surface area contributed by atoms with Crippen LogP contribution in [-0.2, 0) is 13.0 Å². The van der Waals surface area contributed by atoms with Crippen molar-refractivity contribution in [3.05, 3.63) is 65.8 Å². The third-order valence-electron chi connectivity index (χ3n) is 4.67. The number of carbonyl (C=O) groups is 1. The maximum absolute atomic E-state index is 12.7. The molecule has 0 saturated carbocycles. The highest BCUT2D eigenvalue weighted by molar-refractivity contribution is 5.74. The Morgan fingerprint density at radius 2 is 2.07 bits per heavy atom. The number of likely N-dealkylation sites (N-methyl/N-ethyl adjacent to an activating group) is 1. The highest BCUT2D eigenvalue weighted by atomic mass is 16.5. The molecule has 8 heteroatoms. The number of aryl methyl sites for hydroxylation is 3. The topological polar surface area (TPSA) is 89.1 Å². The van der Waals surface area contributed by atoms with Gasteiger partial charge in [-0.15, -0.1) is 0 Å². The maximum Gasteiger partial charge on any atom is 0.317 e. The van der Waals surface area contributed by atoms with Gasteiger partial charge in [0, 0.05) is 45.9 Å². The summed E-state index contributed by atoms with van der Waals surface area (Å²) in [4.78, 5) is 22.8. The molecule has 1 aromatic carbocycles. The SMILES string of the molecule is Cc1nc(CCN(C)C(=O)NC(CCn2ccnc2C)c2ccccc2)no1. The molecule has 1 atom stereocenters. The van der Waals surface area contributed by atoms with Crippen LogP contribution < -0.4 is 5.32 Å². The molecule has 0 spiro atoms. The fraction of sp³-hybridized carbons (Fsp3) is 0.400. The van der Waals surface area contributed by atoms with Crippen molar-refractivity contribution in [2.45, 2.75) is 39.3 Å². The number of aromatic nitrogens is 4. The second-order valence-corrected chi connectivity index (χ2v) is 6.77. The van der Waals surface area contributed by atoms with Crippen LogP contribution in [-0.4, -0.2) is 44.2 Å². The summed E-state index contributed by atoms with van der Waals surface area (Å²) in [7, 11) is 1.77. The highest BCUT2D eigenvalue weighted by Gasteiger charge is 2.18. The van der Waals surface area contributed by atoms with Crippen molar-refractivity contribution in [1.82, 2.24) is 29.9 Å². The predicted molar refractivity (Wildman–Crippen MR) is 105 cm³/mol. The number of hydrogen-bond donors (Lipinski definition) is 1. The predicted octanol–water partition coefficient (Wildman–Crippen LogP) is 2.90. The van der Waals surface area contributed by atoms with Gasteiger partial charge in [0.15, 0.2) is 5.82 Å². The second kappa shape index (κ2) is 9.16. The molecule has 0 aliphatic carbocycles. The lowest BCUT2D eigenvalue weighted by atomic mass is 10.0. The number of amides is 2. The standard InChI is InChI=1S/C20H26N6O2/c1-15-21-11-14-26(15)13-9-18(17-7-5-4-6-8-17)23-20(27)25(3)12-10-19-22-16(2)28-24-19/h4-8,11,14,18H,9-10,12-13H2,1-3H3,(H,23,27). The minimum Gasteiger partial charge on any atom is -0.340 e. The summed E-state index contributed by atoms with van der Waals surface area (Å²) in [6, 6.07) is 9.79. The molecule has 148 valence electrons. The lowest BCUT2D eigenvalue weighted by molar-refractivity contribution is 0.203. The number of carbonyl (C=O) groups excluding carboxylic acids is 1. The van der Waals surface area contributed by atoms with Crippen LogP contribution >= 0.6 is 0 Å². The molecule has 1 unspecified atom stereocenters. The average molecular weight is 382 g/mol. The van der Waals surface area contributed by atoms with Crippen molar-refractivity contribution in [2.24, 2.45) is 0 Å². The van der Waals surface area contributed by atoms with Crippen LogP contribution in [0.15, 0.2) is 47.2 Å². The quantitative estimate of drug-likeness (QED) is 0.647. The van der Waals surface area contributed by atoms with Gasteiger partial charge in [-0.25, -0.2) is 9.78 Å². The summed E-state index contributed by atoms with van der Waals surface area (Å²) in [5, 5.41) is 7.01. The molecule has 2 heterocycles. The molecule has 0 aliphatic heterocycles. The van der Waals surface area contributed by atoms with Gasteiger partial charge in [-0.3, -0.25) is 0 Å². The number of nitrogens with zero attached hydrogens (tertiary/aromatic N) is 5. The maximum atomic E-state index is 12.7. The van der Waals surface area contributed by atoms with Gasteiger partial charge in [-0.1, -0.05) is 35.5 Å². The van der Waals surface area contributed by atoms with E-state index < -0.39 is 0 Å². The van der Waals surface area contributed by atoms with Crippen LogP contribution in [0.4, 0.5) is 4.79 Å². The van der Waals surface area contributed by atoms with Crippen molar-refractivity contribution < 1.29 is 9.32 Å². The van der Waals surface area contributed by atoms with Crippen molar-refractivity contribution in [3.63, 3.8) is 0 Å². The number of hydrogen-bond acceptors (Lipinski definition) is 5. The van der Waals surface area contributed by atoms with Gasteiger partial charge in [-0.05, 0) is 18.9 Å². The monoisotopic (exact) mass is 382 g/mol. The first-order valence-electron chi connectivity index (χ1n) is 9.36. The zero-order valence-electron chi connectivity index (χ0n) is 16.5. The van der Waals surface area contributed by atoms with Gasteiger partial charge in [0.2, 0.25) is 5.89 Å². The number of benzene rings is 1. The summed E-state index contributed by atoms with van der Waals surface area (Å²) >= 11 is 0. The average Bonchev–Trinajstić information content (AvgIpc) is 3.31. The van der Waals surface area contributed by atoms with E-state index in [0.29, 0.717) is 24.7 Å². The smallest absolute Gasteiger partial charge is 0.317 e. The van der Waals surface area contributed by atoms with Crippen LogP contribution in [0.5, 0.6) is 0 Å². The summed E-state index contributed by atoms with van der Waals surface area (Å²) in [6.45, 7) is 5.01. The van der Waals surface area contributed by atoms with Gasteiger partial charge >= 0.3 is 6.03 Å². The molecule has 0 saturated heterocycles. The molecule has 3 aromatic rings. The molecule has 3 rings (SSSR count). The van der Waals surface area contributed by atoms with E-state index in [-0.39, 0.29) is 12.1 Å². The van der Waals surface area contributed by atoms with E-state index in [1.807, 2.05) is 43.5 Å². The molecule has 8 nitrogen and oxygen atoms in total. The van der Waals surface area contributed by atoms with Crippen LogP contribution in [0.1, 0.15) is 35.6 Å². The van der Waals surface area contributed by atoms with Gasteiger partial charge in [0.05, 0.1) is 6.04 Å². The fourth-order valence-electron chi connectivity index (χ4n) is 2.99. The first-order chi connectivity index (χ1) is 13.5. The highest BCUT2D eigenvalue weighted by Crippen LogP contribution is 2.18. The Bertz CT molecular complexity index is 889. The minimum absolute atomic E-state index is 0.0923. The second-order valence-electron chi connectivity index (χ2n) is 6.77. The van der Waals surface area contributed by atoms with Crippen LogP contribution in [0, 0.1) is 13.8 Å². The van der Waals surface area contributed by atoms with E-state index >= 15 is 0 Å². The Morgan fingerprint density at radius 3 is 2.71 bits per heavy atom. The number of rotatable bonds is 8. The van der Waals surface area contributed by atoms with Crippen LogP contribution in [0.2, 0.25) is 0 Å². The van der Waals surface area contributed by atoms with E-state index in [1.165, 1.54) is 0 Å². The molecule has 2 aromatic heterocycles. The molecular formula is C20H26N6O2. The van der Waals surface area contributed by atoms with Crippen molar-refractivity contribution in [1.29, 1.82) is 0 Å². The van der Waals surface area contributed by atoms with E-state index in [1.54, 1.807) is 25.1 Å². The molecule has 0 fully saturated rings. The van der Waals surface area contributed by atoms with Crippen molar-refractivity contribution in [3.8, 4) is 0 Å². The van der Waals surface area contributed by atoms with Gasteiger partial charge in [-0.2, -0.15) is 4.98 Å². The van der Waals surface area contributed by atoms with Gasteiger partial charge in [0.25, 0.3) is 0 Å². The summed E-state index contributed by atoms with van der Waals surface area (Å²) in [5.74, 6) is 2.10. The lowest BCUT2D eigenvalue weighted by Gasteiger charge is -2.24. The third-order valence-corrected chi connectivity index (χ3v) is 4.67. The van der Waals surface area contributed by atoms with Gasteiger partial charge in [0.1, 0.15) is 5.82 Å². The van der Waals surface area contributed by atoms with Gasteiger partial charge < -0.3 is 19.3 Å². The summed E-state index contributed by atoms with van der Waals surface area (Å²) < 4.78 is 7.06. The van der Waals surface area contributed by atoms with E-state index in [0.717, 1.165) is 24.4 Å². The number of nitrogens with one attached hydrogen (secondary N) is 1. The molecule has 0 bridgehead atoms. The zero-order valence-corrected chi connectivity index (χ0v) is 16.5. The van der Waals surface area contributed by atoms with Crippen molar-refractivity contribution in [2.75, 3.05) is 13.6 Å². The molecule has 0 radical (unpaired) electrons. The largest absolute Gasteiger partial charge is 0.340 e. The Kier molecular flexibility index (Phi) is 6.41. The zero-order chi connectivity index (χ0) is 19.9. The molecular weight excluding hydrogens is 356 g/mol. The molecule has 0 aliphatic rings. The third kappa shape index (κ3) is 5.18. The number of urea groups is 1. The Labute approximate surface area is 164 Å². The van der Waals surface area contributed by atoms with Crippen LogP contribution in [0.25, 0.3) is 0 Å². The normalized spacial score (nSPS) is 12.0. The summed E-state index contributed by atoms with van der Waals surface area (Å²) in [6.07, 6.45) is 5.06. The number of imidazole rings is 1. The molecule has 1 N–H and O–H groups in total. The molecule has 2 amide bonds. The summed E-state index contributed by atoms with van der Waals surface area (Å²) in [5.41, 5.74) is 1.08. The van der Waals surface area contributed by atoms with E-state index in [2.05, 4.69) is 25.0 Å². The van der Waals surface area contributed by atoms with Crippen LogP contribution in [0.3, 0.4) is 0 Å². The fourth-order valence-corrected chi connectivity index (χ4v) is 2.99. The Balaban J connectivity index is 1.60.